The Bertz CT molecular complexity index is 1140. The van der Waals surface area contributed by atoms with E-state index in [2.05, 4.69) is 15.0 Å². The Morgan fingerprint density at radius 2 is 2.07 bits per heavy atom. The fourth-order valence-corrected chi connectivity index (χ4v) is 3.19. The lowest BCUT2D eigenvalue weighted by Crippen LogP contribution is -2.26. The van der Waals surface area contributed by atoms with Crippen molar-refractivity contribution in [3.8, 4) is 5.75 Å². The summed E-state index contributed by atoms with van der Waals surface area (Å²) in [5, 5.41) is 13.4. The fraction of sp³-hybridized carbons (Fsp3) is 0.188. The van der Waals surface area contributed by atoms with E-state index in [1.165, 1.54) is 18.2 Å². The van der Waals surface area contributed by atoms with E-state index in [0.717, 1.165) is 34.2 Å². The van der Waals surface area contributed by atoms with E-state index in [0.29, 0.717) is 10.2 Å². The molecule has 9 nitrogen and oxygen atoms in total. The summed E-state index contributed by atoms with van der Waals surface area (Å²) >= 11 is 0.996. The number of nitro groups is 1. The van der Waals surface area contributed by atoms with Crippen LogP contribution in [0, 0.1) is 10.1 Å². The van der Waals surface area contributed by atoms with Crippen LogP contribution < -0.4 is 15.6 Å². The molecule has 0 radical (unpaired) electrons. The number of carbonyl (C=O) groups excluding carboxylic acids is 1. The molecule has 0 aliphatic carbocycles. The molecule has 0 saturated heterocycles. The standard InChI is InChI=1S/C16H11F3N4O5S/c17-16(18,19)8-28-10-2-3-11-12(5-10)29-15(20-11)21-13(24)7-22-6-9(23(26)27)1-4-14(22)25/h1-6H,7-8H2,(H,20,21,24). The number of aromatic nitrogens is 2. The molecule has 3 rings (SSSR count). The molecule has 1 amide bonds. The lowest BCUT2D eigenvalue weighted by atomic mass is 10.3. The van der Waals surface area contributed by atoms with Crippen molar-refractivity contribution in [1.29, 1.82) is 0 Å². The number of carbonyl (C=O) groups is 1. The van der Waals surface area contributed by atoms with Gasteiger partial charge in [0, 0.05) is 12.1 Å². The summed E-state index contributed by atoms with van der Waals surface area (Å²) in [6.45, 7) is -1.91. The van der Waals surface area contributed by atoms with Gasteiger partial charge in [0.1, 0.15) is 12.3 Å². The van der Waals surface area contributed by atoms with Gasteiger partial charge in [0.25, 0.3) is 11.2 Å². The van der Waals surface area contributed by atoms with Gasteiger partial charge in [-0.3, -0.25) is 24.3 Å². The number of thiazole rings is 1. The van der Waals surface area contributed by atoms with Gasteiger partial charge in [-0.05, 0) is 18.2 Å². The van der Waals surface area contributed by atoms with E-state index in [-0.39, 0.29) is 16.6 Å². The molecule has 152 valence electrons. The number of pyridine rings is 1. The molecule has 0 fully saturated rings. The van der Waals surface area contributed by atoms with Crippen molar-refractivity contribution < 1.29 is 27.6 Å². The Morgan fingerprint density at radius 3 is 2.76 bits per heavy atom. The SMILES string of the molecule is O=C(Cn1cc([N+](=O)[O-])ccc1=O)Nc1nc2ccc(OCC(F)(F)F)cc2s1. The molecule has 0 unspecified atom stereocenters. The highest BCUT2D eigenvalue weighted by Crippen LogP contribution is 2.30. The fourth-order valence-electron chi connectivity index (χ4n) is 2.28. The van der Waals surface area contributed by atoms with Gasteiger partial charge in [-0.25, -0.2) is 4.98 Å². The molecule has 0 aliphatic rings. The van der Waals surface area contributed by atoms with Gasteiger partial charge in [-0.15, -0.1) is 0 Å². The number of nitrogens with zero attached hydrogens (tertiary/aromatic N) is 3. The van der Waals surface area contributed by atoms with Crippen LogP contribution in [0.4, 0.5) is 24.0 Å². The van der Waals surface area contributed by atoms with Gasteiger partial charge >= 0.3 is 6.18 Å². The molecule has 0 atom stereocenters. The number of hydrogen-bond acceptors (Lipinski definition) is 7. The molecule has 2 heterocycles. The van der Waals surface area contributed by atoms with Crippen LogP contribution in [-0.2, 0) is 11.3 Å². The van der Waals surface area contributed by atoms with E-state index in [9.17, 15) is 32.9 Å². The maximum Gasteiger partial charge on any atom is 0.422 e. The number of rotatable bonds is 6. The minimum atomic E-state index is -4.47. The Kier molecular flexibility index (Phi) is 5.50. The highest BCUT2D eigenvalue weighted by atomic mass is 32.1. The molecule has 0 saturated carbocycles. The van der Waals surface area contributed by atoms with Gasteiger partial charge in [0.2, 0.25) is 5.91 Å². The number of alkyl halides is 3. The highest BCUT2D eigenvalue weighted by molar-refractivity contribution is 7.22. The van der Waals surface area contributed by atoms with Crippen molar-refractivity contribution in [1.82, 2.24) is 9.55 Å². The zero-order valence-electron chi connectivity index (χ0n) is 14.3. The second-order valence-corrected chi connectivity index (χ2v) is 6.74. The summed E-state index contributed by atoms with van der Waals surface area (Å²) in [5.74, 6) is -0.653. The molecule has 2 aromatic heterocycles. The Hall–Kier alpha value is -3.48. The topological polar surface area (TPSA) is 116 Å². The number of amides is 1. The summed E-state index contributed by atoms with van der Waals surface area (Å²) in [7, 11) is 0. The van der Waals surface area contributed by atoms with Crippen LogP contribution in [-0.4, -0.2) is 33.2 Å². The maximum absolute atomic E-state index is 12.2. The Balaban J connectivity index is 1.71. The molecule has 0 aliphatic heterocycles. The van der Waals surface area contributed by atoms with Gasteiger partial charge in [-0.2, -0.15) is 13.2 Å². The number of hydrogen-bond donors (Lipinski definition) is 1. The highest BCUT2D eigenvalue weighted by Gasteiger charge is 2.28. The van der Waals surface area contributed by atoms with Gasteiger partial charge in [0.05, 0.1) is 21.3 Å². The van der Waals surface area contributed by atoms with Crippen LogP contribution in [0.2, 0.25) is 0 Å². The molecular formula is C16H11F3N4O5S. The number of anilines is 1. The summed E-state index contributed by atoms with van der Waals surface area (Å²) in [6, 6.07) is 6.13. The zero-order chi connectivity index (χ0) is 21.2. The van der Waals surface area contributed by atoms with E-state index >= 15 is 0 Å². The van der Waals surface area contributed by atoms with Crippen LogP contribution in [0.15, 0.2) is 41.3 Å². The third-order valence-corrected chi connectivity index (χ3v) is 4.43. The van der Waals surface area contributed by atoms with Crippen LogP contribution in [0.5, 0.6) is 5.75 Å². The van der Waals surface area contributed by atoms with Crippen LogP contribution in [0.3, 0.4) is 0 Å². The van der Waals surface area contributed by atoms with E-state index in [1.54, 1.807) is 0 Å². The minimum absolute atomic E-state index is 0.000464. The van der Waals surface area contributed by atoms with Crippen molar-refractivity contribution in [2.24, 2.45) is 0 Å². The monoisotopic (exact) mass is 428 g/mol. The number of benzene rings is 1. The number of nitrogens with one attached hydrogen (secondary N) is 1. The van der Waals surface area contributed by atoms with Crippen molar-refractivity contribution >= 4 is 38.3 Å². The smallest absolute Gasteiger partial charge is 0.422 e. The number of ether oxygens (including phenoxy) is 1. The van der Waals surface area contributed by atoms with Gasteiger partial charge < -0.3 is 10.1 Å². The molecule has 3 aromatic rings. The first-order valence-corrected chi connectivity index (χ1v) is 8.67. The van der Waals surface area contributed by atoms with Crippen LogP contribution in [0.1, 0.15) is 0 Å². The maximum atomic E-state index is 12.2. The minimum Gasteiger partial charge on any atom is -0.484 e. The van der Waals surface area contributed by atoms with Crippen molar-refractivity contribution in [3.63, 3.8) is 0 Å². The quantitative estimate of drug-likeness (QED) is 0.477. The predicted octanol–water partition coefficient (Wildman–Crippen LogP) is 2.95. The van der Waals surface area contributed by atoms with Crippen LogP contribution >= 0.6 is 11.3 Å². The number of halogens is 3. The molecular weight excluding hydrogens is 417 g/mol. The first-order chi connectivity index (χ1) is 13.6. The largest absolute Gasteiger partial charge is 0.484 e. The average molecular weight is 428 g/mol. The molecule has 0 bridgehead atoms. The van der Waals surface area contributed by atoms with Gasteiger partial charge in [0.15, 0.2) is 11.7 Å². The third kappa shape index (κ3) is 5.28. The molecule has 13 heteroatoms. The van der Waals surface area contributed by atoms with E-state index in [1.807, 2.05) is 0 Å². The Labute approximate surface area is 163 Å². The lowest BCUT2D eigenvalue weighted by Gasteiger charge is -2.08. The normalized spacial score (nSPS) is 11.4. The van der Waals surface area contributed by atoms with Crippen molar-refractivity contribution in [2.45, 2.75) is 12.7 Å². The molecule has 1 N–H and O–H groups in total. The summed E-state index contributed by atoms with van der Waals surface area (Å²) in [6.07, 6.45) is -3.52. The second kappa shape index (κ2) is 7.87. The molecule has 0 spiro atoms. The van der Waals surface area contributed by atoms with E-state index in [4.69, 9.17) is 0 Å². The summed E-state index contributed by atoms with van der Waals surface area (Å²) in [4.78, 5) is 38.1. The summed E-state index contributed by atoms with van der Waals surface area (Å²) in [5.41, 5.74) is -0.512. The lowest BCUT2D eigenvalue weighted by molar-refractivity contribution is -0.385. The second-order valence-electron chi connectivity index (χ2n) is 5.71. The molecule has 29 heavy (non-hydrogen) atoms. The van der Waals surface area contributed by atoms with E-state index < -0.39 is 35.7 Å². The molecule has 1 aromatic carbocycles. The zero-order valence-corrected chi connectivity index (χ0v) is 15.1. The van der Waals surface area contributed by atoms with Crippen molar-refractivity contribution in [2.75, 3.05) is 11.9 Å². The first-order valence-electron chi connectivity index (χ1n) is 7.85. The van der Waals surface area contributed by atoms with Crippen molar-refractivity contribution in [3.05, 3.63) is 57.0 Å². The average Bonchev–Trinajstić information content (AvgIpc) is 3.02. The number of fused-ring (bicyclic) bond motifs is 1. The van der Waals surface area contributed by atoms with Crippen LogP contribution in [0.25, 0.3) is 10.2 Å². The van der Waals surface area contributed by atoms with Gasteiger partial charge in [-0.1, -0.05) is 11.3 Å². The summed E-state index contributed by atoms with van der Waals surface area (Å²) < 4.78 is 42.7. The predicted molar refractivity (Wildman–Crippen MR) is 97.2 cm³/mol. The third-order valence-electron chi connectivity index (χ3n) is 3.50. The Morgan fingerprint density at radius 1 is 1.31 bits per heavy atom. The first kappa shape index (κ1) is 20.3.